The van der Waals surface area contributed by atoms with Crippen molar-refractivity contribution in [3.63, 3.8) is 0 Å². The summed E-state index contributed by atoms with van der Waals surface area (Å²) < 4.78 is 53.1. The second-order valence-electron chi connectivity index (χ2n) is 7.71. The molecule has 9 heteroatoms. The van der Waals surface area contributed by atoms with Crippen LogP contribution in [-0.2, 0) is 16.6 Å². The first-order chi connectivity index (χ1) is 17.3. The monoisotopic (exact) mass is 506 g/mol. The van der Waals surface area contributed by atoms with Gasteiger partial charge in [-0.25, -0.2) is 17.5 Å². The minimum Gasteiger partial charge on any atom is -0.497 e. The van der Waals surface area contributed by atoms with Crippen LogP contribution in [0.15, 0.2) is 102 Å². The van der Waals surface area contributed by atoms with E-state index in [4.69, 9.17) is 9.47 Å². The molecule has 36 heavy (non-hydrogen) atoms. The fraction of sp³-hybridized carbons (Fsp3) is 0.0741. The predicted molar refractivity (Wildman–Crippen MR) is 134 cm³/mol. The van der Waals surface area contributed by atoms with E-state index in [0.29, 0.717) is 28.5 Å². The van der Waals surface area contributed by atoms with Crippen molar-refractivity contribution >= 4 is 21.6 Å². The van der Waals surface area contributed by atoms with Crippen LogP contribution in [0.1, 0.15) is 15.9 Å². The molecular formula is C27H23FN2O5S. The van der Waals surface area contributed by atoms with E-state index in [1.165, 1.54) is 13.2 Å². The molecule has 184 valence electrons. The predicted octanol–water partition coefficient (Wildman–Crippen LogP) is 5.36. The Morgan fingerprint density at radius 3 is 2.14 bits per heavy atom. The van der Waals surface area contributed by atoms with E-state index in [-0.39, 0.29) is 12.1 Å². The minimum absolute atomic E-state index is 0.00849. The highest BCUT2D eigenvalue weighted by molar-refractivity contribution is 7.89. The lowest BCUT2D eigenvalue weighted by molar-refractivity contribution is 0.102. The van der Waals surface area contributed by atoms with E-state index in [1.807, 2.05) is 30.3 Å². The molecule has 0 atom stereocenters. The van der Waals surface area contributed by atoms with Gasteiger partial charge in [-0.05, 0) is 72.3 Å². The van der Waals surface area contributed by atoms with Gasteiger partial charge in [-0.1, -0.05) is 30.3 Å². The van der Waals surface area contributed by atoms with Crippen LogP contribution in [0.4, 0.5) is 10.1 Å². The van der Waals surface area contributed by atoms with E-state index < -0.39 is 26.6 Å². The van der Waals surface area contributed by atoms with Gasteiger partial charge in [0.15, 0.2) is 0 Å². The van der Waals surface area contributed by atoms with E-state index in [9.17, 15) is 17.6 Å². The molecule has 0 aliphatic heterocycles. The normalized spacial score (nSPS) is 11.1. The van der Waals surface area contributed by atoms with Gasteiger partial charge >= 0.3 is 0 Å². The Morgan fingerprint density at radius 1 is 0.833 bits per heavy atom. The van der Waals surface area contributed by atoms with Crippen molar-refractivity contribution in [3.8, 4) is 17.2 Å². The molecular weight excluding hydrogens is 483 g/mol. The molecule has 1 amide bonds. The molecule has 0 unspecified atom stereocenters. The highest BCUT2D eigenvalue weighted by Gasteiger charge is 2.21. The largest absolute Gasteiger partial charge is 0.497 e. The van der Waals surface area contributed by atoms with Gasteiger partial charge in [0.25, 0.3) is 5.91 Å². The number of carbonyl (C=O) groups excluding carboxylic acids is 1. The average molecular weight is 507 g/mol. The van der Waals surface area contributed by atoms with Crippen molar-refractivity contribution in [2.24, 2.45) is 0 Å². The lowest BCUT2D eigenvalue weighted by atomic mass is 10.2. The molecule has 2 N–H and O–H groups in total. The van der Waals surface area contributed by atoms with Crippen molar-refractivity contribution in [1.82, 2.24) is 4.72 Å². The number of halogens is 1. The van der Waals surface area contributed by atoms with E-state index in [2.05, 4.69) is 10.0 Å². The fourth-order valence-corrected chi connectivity index (χ4v) is 4.40. The second kappa shape index (κ2) is 11.0. The molecule has 0 saturated carbocycles. The van der Waals surface area contributed by atoms with Gasteiger partial charge in [0, 0.05) is 17.8 Å². The topological polar surface area (TPSA) is 93.7 Å². The van der Waals surface area contributed by atoms with Crippen molar-refractivity contribution in [2.45, 2.75) is 11.4 Å². The lowest BCUT2D eigenvalue weighted by Crippen LogP contribution is -2.25. The third-order valence-corrected chi connectivity index (χ3v) is 6.62. The number of rotatable bonds is 9. The summed E-state index contributed by atoms with van der Waals surface area (Å²) in [6, 6.07) is 25.9. The first kappa shape index (κ1) is 24.9. The number of nitrogens with one attached hydrogen (secondary N) is 2. The number of carbonyl (C=O) groups is 1. The van der Waals surface area contributed by atoms with Crippen LogP contribution in [-0.4, -0.2) is 21.4 Å². The lowest BCUT2D eigenvalue weighted by Gasteiger charge is -2.11. The summed E-state index contributed by atoms with van der Waals surface area (Å²) in [6.45, 7) is -0.0560. The summed E-state index contributed by atoms with van der Waals surface area (Å²) >= 11 is 0. The molecule has 0 aliphatic rings. The molecule has 0 heterocycles. The van der Waals surface area contributed by atoms with Gasteiger partial charge in [0.05, 0.1) is 7.11 Å². The highest BCUT2D eigenvalue weighted by Crippen LogP contribution is 2.23. The van der Waals surface area contributed by atoms with E-state index in [1.54, 1.807) is 48.5 Å². The molecule has 4 rings (SSSR count). The first-order valence-corrected chi connectivity index (χ1v) is 12.4. The molecule has 0 aliphatic carbocycles. The summed E-state index contributed by atoms with van der Waals surface area (Å²) in [6.07, 6.45) is 0. The maximum absolute atomic E-state index is 14.4. The first-order valence-electron chi connectivity index (χ1n) is 10.9. The van der Waals surface area contributed by atoms with Crippen LogP contribution >= 0.6 is 0 Å². The molecule has 0 spiro atoms. The standard InChI is InChI=1S/C27H23FN2O5S/c1-34-22-12-7-19(8-13-22)18-29-36(32,33)26-17-20(9-16-25(26)28)27(31)30-21-10-14-24(15-11-21)35-23-5-3-2-4-6-23/h2-17,29H,18H2,1H3,(H,30,31). The van der Waals surface area contributed by atoms with Crippen LogP contribution in [0.2, 0.25) is 0 Å². The third-order valence-electron chi connectivity index (χ3n) is 5.20. The third kappa shape index (κ3) is 6.26. The van der Waals surface area contributed by atoms with Crippen molar-refractivity contribution in [3.05, 3.63) is 114 Å². The molecule has 0 aromatic heterocycles. The van der Waals surface area contributed by atoms with Crippen LogP contribution in [0.25, 0.3) is 0 Å². The number of hydrogen-bond acceptors (Lipinski definition) is 5. The average Bonchev–Trinajstić information content (AvgIpc) is 2.89. The van der Waals surface area contributed by atoms with Crippen LogP contribution in [0, 0.1) is 5.82 Å². The fourth-order valence-electron chi connectivity index (χ4n) is 3.28. The zero-order valence-electron chi connectivity index (χ0n) is 19.3. The van der Waals surface area contributed by atoms with Crippen molar-refractivity contribution in [1.29, 1.82) is 0 Å². The quantitative estimate of drug-likeness (QED) is 0.319. The van der Waals surface area contributed by atoms with E-state index in [0.717, 1.165) is 12.1 Å². The Bertz CT molecular complexity index is 1440. The zero-order chi connectivity index (χ0) is 25.5. The smallest absolute Gasteiger partial charge is 0.255 e. The zero-order valence-corrected chi connectivity index (χ0v) is 20.1. The minimum atomic E-state index is -4.22. The Balaban J connectivity index is 1.43. The maximum atomic E-state index is 14.4. The number of para-hydroxylation sites is 1. The number of amides is 1. The van der Waals surface area contributed by atoms with E-state index >= 15 is 0 Å². The maximum Gasteiger partial charge on any atom is 0.255 e. The molecule has 0 fully saturated rings. The van der Waals surface area contributed by atoms with Gasteiger partial charge in [-0.3, -0.25) is 4.79 Å². The Hall–Kier alpha value is -4.21. The van der Waals surface area contributed by atoms with Crippen LogP contribution < -0.4 is 19.5 Å². The molecule has 4 aromatic rings. The SMILES string of the molecule is COc1ccc(CNS(=O)(=O)c2cc(C(=O)Nc3ccc(Oc4ccccc4)cc3)ccc2F)cc1. The molecule has 0 radical (unpaired) electrons. The highest BCUT2D eigenvalue weighted by atomic mass is 32.2. The number of benzene rings is 4. The Labute approximate surface area is 208 Å². The summed E-state index contributed by atoms with van der Waals surface area (Å²) in [4.78, 5) is 12.1. The molecule has 4 aromatic carbocycles. The number of sulfonamides is 1. The summed E-state index contributed by atoms with van der Waals surface area (Å²) in [5.41, 5.74) is 1.12. The van der Waals surface area contributed by atoms with Crippen LogP contribution in [0.5, 0.6) is 17.2 Å². The molecule has 7 nitrogen and oxygen atoms in total. The summed E-state index contributed by atoms with van der Waals surface area (Å²) in [5.74, 6) is 0.339. The van der Waals surface area contributed by atoms with Gasteiger partial charge in [0.1, 0.15) is 28.0 Å². The Kier molecular flexibility index (Phi) is 7.62. The number of hydrogen-bond donors (Lipinski definition) is 2. The molecule has 0 saturated heterocycles. The van der Waals surface area contributed by atoms with Gasteiger partial charge in [-0.15, -0.1) is 0 Å². The number of methoxy groups -OCH3 is 1. The van der Waals surface area contributed by atoms with Gasteiger partial charge < -0.3 is 14.8 Å². The summed E-state index contributed by atoms with van der Waals surface area (Å²) in [7, 11) is -2.69. The molecule has 0 bridgehead atoms. The van der Waals surface area contributed by atoms with Crippen molar-refractivity contribution in [2.75, 3.05) is 12.4 Å². The van der Waals surface area contributed by atoms with Crippen LogP contribution in [0.3, 0.4) is 0 Å². The number of anilines is 1. The van der Waals surface area contributed by atoms with Crippen molar-refractivity contribution < 1.29 is 27.1 Å². The van der Waals surface area contributed by atoms with Gasteiger partial charge in [-0.2, -0.15) is 0 Å². The number of ether oxygens (including phenoxy) is 2. The van der Waals surface area contributed by atoms with Gasteiger partial charge in [0.2, 0.25) is 10.0 Å². The Morgan fingerprint density at radius 2 is 1.47 bits per heavy atom. The summed E-state index contributed by atoms with van der Waals surface area (Å²) in [5, 5.41) is 2.67. The second-order valence-corrected chi connectivity index (χ2v) is 9.45.